The summed E-state index contributed by atoms with van der Waals surface area (Å²) >= 11 is 0. The van der Waals surface area contributed by atoms with Crippen molar-refractivity contribution in [3.8, 4) is 11.5 Å². The summed E-state index contributed by atoms with van der Waals surface area (Å²) in [5, 5.41) is 0. The van der Waals surface area contributed by atoms with Gasteiger partial charge in [0.1, 0.15) is 11.5 Å². The van der Waals surface area contributed by atoms with Gasteiger partial charge < -0.3 is 9.47 Å². The highest BCUT2D eigenvalue weighted by Gasteiger charge is 2.18. The van der Waals surface area contributed by atoms with E-state index in [2.05, 4.69) is 38.1 Å². The summed E-state index contributed by atoms with van der Waals surface area (Å²) < 4.78 is 11.9. The molecule has 2 heteroatoms. The van der Waals surface area contributed by atoms with E-state index in [4.69, 9.17) is 9.47 Å². The number of benzene rings is 1. The molecular weight excluding hydrogens is 344 g/mol. The number of ether oxygens (including phenoxy) is 2. The first-order chi connectivity index (χ1) is 13.7. The summed E-state index contributed by atoms with van der Waals surface area (Å²) in [4.78, 5) is 0. The number of rotatable bonds is 10. The lowest BCUT2D eigenvalue weighted by molar-refractivity contribution is 0.242. The average Bonchev–Trinajstić information content (AvgIpc) is 2.72. The van der Waals surface area contributed by atoms with Gasteiger partial charge in [-0.15, -0.1) is 0 Å². The van der Waals surface area contributed by atoms with Gasteiger partial charge in [-0.3, -0.25) is 0 Å². The third-order valence-corrected chi connectivity index (χ3v) is 7.15. The molecule has 0 unspecified atom stereocenters. The van der Waals surface area contributed by atoms with Gasteiger partial charge >= 0.3 is 0 Å². The molecule has 158 valence electrons. The smallest absolute Gasteiger partial charge is 0.119 e. The van der Waals surface area contributed by atoms with Gasteiger partial charge in [0.05, 0.1) is 13.2 Å². The standard InChI is InChI=1S/C26H42O2/c1-21-7-11-23(12-8-21)5-3-19-27-25-15-17-26(18-16-25)28-20-4-6-24-13-9-22(2)10-14-24/h15-18,21-24H,3-14,19-20H2,1-2H3. The van der Waals surface area contributed by atoms with Crippen LogP contribution in [-0.2, 0) is 0 Å². The van der Waals surface area contributed by atoms with Crippen LogP contribution in [0.2, 0.25) is 0 Å². The van der Waals surface area contributed by atoms with Crippen molar-refractivity contribution in [2.45, 2.75) is 90.9 Å². The lowest BCUT2D eigenvalue weighted by Gasteiger charge is -2.26. The van der Waals surface area contributed by atoms with Crippen molar-refractivity contribution in [1.82, 2.24) is 0 Å². The quantitative estimate of drug-likeness (QED) is 0.384. The van der Waals surface area contributed by atoms with E-state index in [1.54, 1.807) is 0 Å². The molecule has 0 aromatic heterocycles. The first-order valence-corrected chi connectivity index (χ1v) is 12.0. The summed E-state index contributed by atoms with van der Waals surface area (Å²) in [7, 11) is 0. The maximum absolute atomic E-state index is 5.93. The van der Waals surface area contributed by atoms with Crippen LogP contribution in [0.25, 0.3) is 0 Å². The molecule has 0 aliphatic heterocycles. The first kappa shape index (κ1) is 21.5. The Labute approximate surface area is 173 Å². The Morgan fingerprint density at radius 3 is 1.32 bits per heavy atom. The summed E-state index contributed by atoms with van der Waals surface area (Å²) in [6, 6.07) is 8.22. The van der Waals surface area contributed by atoms with Crippen molar-refractivity contribution in [3.63, 3.8) is 0 Å². The Bertz CT molecular complexity index is 473. The monoisotopic (exact) mass is 386 g/mol. The van der Waals surface area contributed by atoms with Crippen molar-refractivity contribution < 1.29 is 9.47 Å². The van der Waals surface area contributed by atoms with Gasteiger partial charge in [0.25, 0.3) is 0 Å². The fraction of sp³-hybridized carbons (Fsp3) is 0.769. The average molecular weight is 387 g/mol. The van der Waals surface area contributed by atoms with Crippen LogP contribution in [0.5, 0.6) is 11.5 Å². The topological polar surface area (TPSA) is 18.5 Å². The van der Waals surface area contributed by atoms with Crippen molar-refractivity contribution in [1.29, 1.82) is 0 Å². The third kappa shape index (κ3) is 7.68. The van der Waals surface area contributed by atoms with E-state index in [1.165, 1.54) is 77.0 Å². The number of hydrogen-bond acceptors (Lipinski definition) is 2. The Morgan fingerprint density at radius 2 is 0.964 bits per heavy atom. The van der Waals surface area contributed by atoms with Gasteiger partial charge in [-0.2, -0.15) is 0 Å². The van der Waals surface area contributed by atoms with Crippen LogP contribution in [0.3, 0.4) is 0 Å². The molecule has 0 saturated heterocycles. The lowest BCUT2D eigenvalue weighted by Crippen LogP contribution is -2.13. The van der Waals surface area contributed by atoms with E-state index >= 15 is 0 Å². The van der Waals surface area contributed by atoms with Crippen LogP contribution in [0.15, 0.2) is 24.3 Å². The van der Waals surface area contributed by atoms with Crippen LogP contribution >= 0.6 is 0 Å². The van der Waals surface area contributed by atoms with Gasteiger partial charge in [-0.1, -0.05) is 65.2 Å². The lowest BCUT2D eigenvalue weighted by atomic mass is 9.81. The van der Waals surface area contributed by atoms with E-state index in [0.717, 1.165) is 48.4 Å². The van der Waals surface area contributed by atoms with Crippen molar-refractivity contribution in [2.75, 3.05) is 13.2 Å². The fourth-order valence-corrected chi connectivity index (χ4v) is 4.99. The van der Waals surface area contributed by atoms with Crippen molar-refractivity contribution in [2.24, 2.45) is 23.7 Å². The third-order valence-electron chi connectivity index (χ3n) is 7.15. The molecule has 0 bridgehead atoms. The van der Waals surface area contributed by atoms with Gasteiger partial charge in [-0.05, 0) is 73.6 Å². The normalized spacial score (nSPS) is 28.1. The van der Waals surface area contributed by atoms with Crippen LogP contribution in [0.4, 0.5) is 0 Å². The first-order valence-electron chi connectivity index (χ1n) is 12.0. The maximum Gasteiger partial charge on any atom is 0.119 e. The maximum atomic E-state index is 5.93. The zero-order valence-corrected chi connectivity index (χ0v) is 18.3. The van der Waals surface area contributed by atoms with E-state index in [-0.39, 0.29) is 0 Å². The second kappa shape index (κ2) is 11.7. The predicted octanol–water partition coefficient (Wildman–Crippen LogP) is 7.66. The summed E-state index contributed by atoms with van der Waals surface area (Å²) in [5.74, 6) is 5.72. The molecule has 2 nitrogen and oxygen atoms in total. The molecule has 0 amide bonds. The molecule has 1 aromatic rings. The highest BCUT2D eigenvalue weighted by atomic mass is 16.5. The van der Waals surface area contributed by atoms with E-state index in [0.29, 0.717) is 0 Å². The van der Waals surface area contributed by atoms with Crippen LogP contribution in [-0.4, -0.2) is 13.2 Å². The highest BCUT2D eigenvalue weighted by Crippen LogP contribution is 2.32. The Balaban J connectivity index is 1.23. The van der Waals surface area contributed by atoms with Gasteiger partial charge in [0.2, 0.25) is 0 Å². The molecule has 1 aromatic carbocycles. The van der Waals surface area contributed by atoms with Gasteiger partial charge in [0.15, 0.2) is 0 Å². The van der Waals surface area contributed by atoms with Crippen molar-refractivity contribution in [3.05, 3.63) is 24.3 Å². The second-order valence-electron chi connectivity index (χ2n) is 9.70. The molecule has 0 heterocycles. The largest absolute Gasteiger partial charge is 0.494 e. The summed E-state index contributed by atoms with van der Waals surface area (Å²) in [6.45, 7) is 6.46. The molecule has 2 fully saturated rings. The van der Waals surface area contributed by atoms with E-state index in [9.17, 15) is 0 Å². The molecule has 0 atom stereocenters. The molecule has 3 rings (SSSR count). The Kier molecular flexibility index (Phi) is 9.02. The molecular formula is C26H42O2. The van der Waals surface area contributed by atoms with Gasteiger partial charge in [0, 0.05) is 0 Å². The van der Waals surface area contributed by atoms with E-state index < -0.39 is 0 Å². The van der Waals surface area contributed by atoms with Crippen LogP contribution in [0.1, 0.15) is 90.9 Å². The summed E-state index contributed by atoms with van der Waals surface area (Å²) in [6.07, 6.45) is 16.4. The zero-order chi connectivity index (χ0) is 19.6. The van der Waals surface area contributed by atoms with Gasteiger partial charge in [-0.25, -0.2) is 0 Å². The SMILES string of the molecule is CC1CCC(CCCOc2ccc(OCCCC3CCC(C)CC3)cc2)CC1. The van der Waals surface area contributed by atoms with E-state index in [1.807, 2.05) is 0 Å². The Morgan fingerprint density at radius 1 is 0.607 bits per heavy atom. The number of hydrogen-bond donors (Lipinski definition) is 0. The van der Waals surface area contributed by atoms with Crippen LogP contribution < -0.4 is 9.47 Å². The Hall–Kier alpha value is -1.18. The fourth-order valence-electron chi connectivity index (χ4n) is 4.99. The molecule has 2 saturated carbocycles. The minimum absolute atomic E-state index is 0.840. The van der Waals surface area contributed by atoms with Crippen molar-refractivity contribution >= 4 is 0 Å². The molecule has 0 N–H and O–H groups in total. The molecule has 28 heavy (non-hydrogen) atoms. The second-order valence-corrected chi connectivity index (χ2v) is 9.70. The molecule has 0 radical (unpaired) electrons. The highest BCUT2D eigenvalue weighted by molar-refractivity contribution is 5.31. The molecule has 2 aliphatic carbocycles. The molecule has 0 spiro atoms. The predicted molar refractivity (Wildman–Crippen MR) is 118 cm³/mol. The summed E-state index contributed by atoms with van der Waals surface area (Å²) in [5.41, 5.74) is 0. The van der Waals surface area contributed by atoms with Crippen LogP contribution in [0, 0.1) is 23.7 Å². The minimum Gasteiger partial charge on any atom is -0.494 e. The molecule has 2 aliphatic rings. The minimum atomic E-state index is 0.840. The zero-order valence-electron chi connectivity index (χ0n) is 18.3.